The largest absolute Gasteiger partial charge is 0.393 e. The molecule has 0 spiro atoms. The average molecular weight is 543 g/mol. The van der Waals surface area contributed by atoms with Gasteiger partial charge in [0.15, 0.2) is 0 Å². The number of sulfone groups is 1. The van der Waals surface area contributed by atoms with Crippen molar-refractivity contribution in [3.63, 3.8) is 0 Å². The number of aliphatic hydroxyl groups is 2. The average Bonchev–Trinajstić information content (AvgIpc) is 2.91. The number of halogens is 1. The van der Waals surface area contributed by atoms with Crippen molar-refractivity contribution in [2.24, 2.45) is 0 Å². The van der Waals surface area contributed by atoms with Gasteiger partial charge < -0.3 is 20.4 Å². The van der Waals surface area contributed by atoms with E-state index in [2.05, 4.69) is 5.32 Å². The summed E-state index contributed by atoms with van der Waals surface area (Å²) in [7, 11) is -3.79. The van der Waals surface area contributed by atoms with Gasteiger partial charge in [-0.25, -0.2) is 8.42 Å². The Morgan fingerprint density at radius 1 is 1.00 bits per heavy atom. The quantitative estimate of drug-likeness (QED) is 0.356. The third-order valence-electron chi connectivity index (χ3n) is 6.54. The molecule has 1 atom stereocenters. The number of benzene rings is 3. The molecule has 0 bridgehead atoms. The van der Waals surface area contributed by atoms with Crippen molar-refractivity contribution in [2.75, 3.05) is 26.2 Å². The second-order valence-electron chi connectivity index (χ2n) is 9.22. The highest BCUT2D eigenvalue weighted by Crippen LogP contribution is 2.24. The van der Waals surface area contributed by atoms with Crippen molar-refractivity contribution in [3.8, 4) is 0 Å². The van der Waals surface area contributed by atoms with Gasteiger partial charge in [0.05, 0.1) is 22.0 Å². The molecule has 0 radical (unpaired) electrons. The highest BCUT2D eigenvalue weighted by atomic mass is 35.5. The number of amides is 1. The topological polar surface area (TPSA) is 107 Å². The summed E-state index contributed by atoms with van der Waals surface area (Å²) in [4.78, 5) is 14.7. The van der Waals surface area contributed by atoms with Gasteiger partial charge in [-0.05, 0) is 79.4 Å². The summed E-state index contributed by atoms with van der Waals surface area (Å²) in [6.45, 7) is 1.89. The number of hydrogen-bond acceptors (Lipinski definition) is 6. The fourth-order valence-corrected chi connectivity index (χ4v) is 5.83. The minimum atomic E-state index is -3.79. The summed E-state index contributed by atoms with van der Waals surface area (Å²) >= 11 is 5.97. The summed E-state index contributed by atoms with van der Waals surface area (Å²) in [5.74, 6) is -0.229. The lowest BCUT2D eigenvalue weighted by atomic mass is 10.1. The maximum atomic E-state index is 13.2. The van der Waals surface area contributed by atoms with Gasteiger partial charge in [-0.1, -0.05) is 41.9 Å². The summed E-state index contributed by atoms with van der Waals surface area (Å²) in [5.41, 5.74) is 2.02. The Hall–Kier alpha value is -2.75. The van der Waals surface area contributed by atoms with Crippen LogP contribution in [0.5, 0.6) is 0 Å². The zero-order valence-corrected chi connectivity index (χ0v) is 22.0. The van der Waals surface area contributed by atoms with E-state index < -0.39 is 22.0 Å². The third-order valence-corrected chi connectivity index (χ3v) is 8.54. The molecule has 37 heavy (non-hydrogen) atoms. The Morgan fingerprint density at radius 2 is 1.70 bits per heavy atom. The number of piperidine rings is 1. The minimum Gasteiger partial charge on any atom is -0.393 e. The molecule has 1 heterocycles. The molecule has 1 saturated heterocycles. The highest BCUT2D eigenvalue weighted by molar-refractivity contribution is 7.91. The van der Waals surface area contributed by atoms with Crippen LogP contribution in [-0.4, -0.2) is 61.7 Å². The first kappa shape index (κ1) is 27.3. The van der Waals surface area contributed by atoms with E-state index in [-0.39, 0.29) is 15.7 Å². The van der Waals surface area contributed by atoms with Gasteiger partial charge in [0, 0.05) is 30.2 Å². The van der Waals surface area contributed by atoms with Gasteiger partial charge in [-0.3, -0.25) is 4.79 Å². The van der Waals surface area contributed by atoms with Gasteiger partial charge in [0.1, 0.15) is 0 Å². The molecule has 196 valence electrons. The number of nitrogens with zero attached hydrogens (tertiary/aromatic N) is 1. The third kappa shape index (κ3) is 6.97. The lowest BCUT2D eigenvalue weighted by Crippen LogP contribution is -2.40. The molecule has 7 nitrogen and oxygen atoms in total. The fourth-order valence-electron chi connectivity index (χ4n) is 4.32. The van der Waals surface area contributed by atoms with E-state index in [0.29, 0.717) is 56.0 Å². The van der Waals surface area contributed by atoms with Crippen LogP contribution in [-0.2, 0) is 16.3 Å². The van der Waals surface area contributed by atoms with Gasteiger partial charge in [-0.15, -0.1) is 0 Å². The van der Waals surface area contributed by atoms with E-state index in [1.807, 2.05) is 6.07 Å². The van der Waals surface area contributed by atoms with Crippen molar-refractivity contribution < 1.29 is 23.4 Å². The molecule has 3 aromatic rings. The van der Waals surface area contributed by atoms with Crippen LogP contribution < -0.4 is 5.32 Å². The summed E-state index contributed by atoms with van der Waals surface area (Å²) < 4.78 is 26.5. The number of hydrogen-bond donors (Lipinski definition) is 3. The van der Waals surface area contributed by atoms with Gasteiger partial charge in [0.25, 0.3) is 5.91 Å². The second kappa shape index (κ2) is 12.2. The van der Waals surface area contributed by atoms with Crippen molar-refractivity contribution in [1.82, 2.24) is 10.2 Å². The first-order valence-corrected chi connectivity index (χ1v) is 14.2. The van der Waals surface area contributed by atoms with E-state index in [4.69, 9.17) is 11.6 Å². The Labute approximate surface area is 222 Å². The van der Waals surface area contributed by atoms with Crippen LogP contribution >= 0.6 is 11.6 Å². The predicted octanol–water partition coefficient (Wildman–Crippen LogP) is 3.64. The van der Waals surface area contributed by atoms with Crippen molar-refractivity contribution in [2.45, 2.75) is 41.3 Å². The molecule has 0 aromatic heterocycles. The predicted molar refractivity (Wildman–Crippen MR) is 142 cm³/mol. The standard InChI is InChI=1S/C28H31ClN2O5S/c29-23-5-1-3-21(17-23)27(33)19-30-14-11-20-7-9-25(10-8-20)37(35,36)26-6-2-4-22(18-26)28(34)31-15-12-24(32)13-16-31/h1-10,17-18,24,27,30,32-33H,11-16,19H2/t27-/m1/s1. The smallest absolute Gasteiger partial charge is 0.253 e. The fraction of sp³-hybridized carbons (Fsp3) is 0.321. The number of carbonyl (C=O) groups is 1. The van der Waals surface area contributed by atoms with Crippen LogP contribution in [0.3, 0.4) is 0 Å². The molecular formula is C28H31ClN2O5S. The zero-order chi connectivity index (χ0) is 26.4. The molecule has 0 unspecified atom stereocenters. The van der Waals surface area contributed by atoms with Crippen LogP contribution in [0.1, 0.15) is 40.4 Å². The highest BCUT2D eigenvalue weighted by Gasteiger charge is 2.24. The van der Waals surface area contributed by atoms with Gasteiger partial charge >= 0.3 is 0 Å². The summed E-state index contributed by atoms with van der Waals surface area (Å²) in [6.07, 6.45) is 0.643. The molecule has 1 aliphatic rings. The molecule has 1 amide bonds. The molecule has 0 aliphatic carbocycles. The van der Waals surface area contributed by atoms with Crippen LogP contribution in [0.25, 0.3) is 0 Å². The van der Waals surface area contributed by atoms with Gasteiger partial charge in [0.2, 0.25) is 9.84 Å². The lowest BCUT2D eigenvalue weighted by Gasteiger charge is -2.29. The lowest BCUT2D eigenvalue weighted by molar-refractivity contribution is 0.0546. The molecule has 1 fully saturated rings. The molecule has 3 N–H and O–H groups in total. The Balaban J connectivity index is 1.34. The van der Waals surface area contributed by atoms with Crippen molar-refractivity contribution in [3.05, 3.63) is 94.5 Å². The van der Waals surface area contributed by atoms with Crippen LogP contribution in [0, 0.1) is 0 Å². The number of carbonyl (C=O) groups excluding carboxylic acids is 1. The first-order valence-electron chi connectivity index (χ1n) is 12.3. The Bertz CT molecular complexity index is 1320. The summed E-state index contributed by atoms with van der Waals surface area (Å²) in [5, 5.41) is 23.8. The van der Waals surface area contributed by atoms with E-state index in [1.54, 1.807) is 59.5 Å². The zero-order valence-electron chi connectivity index (χ0n) is 20.4. The van der Waals surface area contributed by atoms with Crippen molar-refractivity contribution in [1.29, 1.82) is 0 Å². The second-order valence-corrected chi connectivity index (χ2v) is 11.6. The number of nitrogens with one attached hydrogen (secondary N) is 1. The van der Waals surface area contributed by atoms with Crippen LogP contribution in [0.4, 0.5) is 0 Å². The Morgan fingerprint density at radius 3 is 2.41 bits per heavy atom. The van der Waals surface area contributed by atoms with Crippen LogP contribution in [0.15, 0.2) is 82.6 Å². The first-order chi connectivity index (χ1) is 17.7. The molecular weight excluding hydrogens is 512 g/mol. The SMILES string of the molecule is O=C(c1cccc(S(=O)(=O)c2ccc(CCNC[C@@H](O)c3cccc(Cl)c3)cc2)c1)N1CCC(O)CC1. The molecule has 3 aromatic carbocycles. The van der Waals surface area contributed by atoms with Crippen molar-refractivity contribution >= 4 is 27.3 Å². The van der Waals surface area contributed by atoms with E-state index in [1.165, 1.54) is 12.1 Å². The van der Waals surface area contributed by atoms with E-state index in [9.17, 15) is 23.4 Å². The van der Waals surface area contributed by atoms with Crippen LogP contribution in [0.2, 0.25) is 5.02 Å². The molecule has 4 rings (SSSR count). The maximum Gasteiger partial charge on any atom is 0.253 e. The van der Waals surface area contributed by atoms with Gasteiger partial charge in [-0.2, -0.15) is 0 Å². The number of rotatable bonds is 9. The normalized spacial score (nSPS) is 15.5. The molecule has 0 saturated carbocycles. The molecule has 1 aliphatic heterocycles. The molecule has 9 heteroatoms. The minimum absolute atomic E-state index is 0.0693. The van der Waals surface area contributed by atoms with E-state index in [0.717, 1.165) is 11.1 Å². The number of likely N-dealkylation sites (tertiary alicyclic amines) is 1. The number of aliphatic hydroxyl groups excluding tert-OH is 2. The Kier molecular flexibility index (Phi) is 9.00. The maximum absolute atomic E-state index is 13.2. The monoisotopic (exact) mass is 542 g/mol. The summed E-state index contributed by atoms with van der Waals surface area (Å²) in [6, 6.07) is 19.9. The van der Waals surface area contributed by atoms with E-state index >= 15 is 0 Å².